The largest absolute Gasteiger partial charge is 0.366 e. The first-order valence-corrected chi connectivity index (χ1v) is 9.35. The van der Waals surface area contributed by atoms with E-state index >= 15 is 0 Å². The van der Waals surface area contributed by atoms with E-state index in [4.69, 9.17) is 11.5 Å². The number of carbonyl (C=O) groups excluding carboxylic acids is 2. The minimum atomic E-state index is -0.350. The number of primary amides is 2. The molecule has 0 aromatic heterocycles. The molecule has 0 saturated heterocycles. The zero-order chi connectivity index (χ0) is 18.8. The lowest BCUT2D eigenvalue weighted by molar-refractivity contribution is 0.0991. The Labute approximate surface area is 155 Å². The Balaban J connectivity index is 1.62. The van der Waals surface area contributed by atoms with Gasteiger partial charge in [-0.05, 0) is 48.9 Å². The molecule has 4 N–H and O–H groups in total. The fraction of sp³-hybridized carbons (Fsp3) is 0.364. The first-order chi connectivity index (χ1) is 12.6. The second-order valence-electron chi connectivity index (χ2n) is 6.66. The lowest BCUT2D eigenvalue weighted by Gasteiger charge is -2.07. The SMILES string of the molecule is NC(=O)c1ccccc1CCCCCCCCc1ccccc1C(N)=O. The predicted octanol–water partition coefficient (Wildman–Crippen LogP) is 4.01. The third kappa shape index (κ3) is 6.03. The van der Waals surface area contributed by atoms with Crippen LogP contribution in [0.2, 0.25) is 0 Å². The van der Waals surface area contributed by atoms with Crippen molar-refractivity contribution in [3.05, 3.63) is 70.8 Å². The molecule has 0 aliphatic carbocycles. The molecule has 0 aliphatic rings. The summed E-state index contributed by atoms with van der Waals surface area (Å²) in [5.74, 6) is -0.700. The van der Waals surface area contributed by atoms with Crippen molar-refractivity contribution in [2.24, 2.45) is 11.5 Å². The third-order valence-corrected chi connectivity index (χ3v) is 4.71. The van der Waals surface area contributed by atoms with E-state index in [9.17, 15) is 9.59 Å². The van der Waals surface area contributed by atoms with Crippen LogP contribution in [0.15, 0.2) is 48.5 Å². The monoisotopic (exact) mass is 352 g/mol. The molecule has 0 spiro atoms. The molecule has 2 amide bonds. The van der Waals surface area contributed by atoms with Gasteiger partial charge in [0.2, 0.25) is 11.8 Å². The molecule has 4 nitrogen and oxygen atoms in total. The van der Waals surface area contributed by atoms with Crippen molar-refractivity contribution >= 4 is 11.8 Å². The Morgan fingerprint density at radius 3 is 1.31 bits per heavy atom. The Hall–Kier alpha value is -2.62. The Morgan fingerprint density at radius 2 is 0.923 bits per heavy atom. The topological polar surface area (TPSA) is 86.2 Å². The number of rotatable bonds is 11. The highest BCUT2D eigenvalue weighted by Crippen LogP contribution is 2.16. The molecule has 2 aromatic carbocycles. The second-order valence-corrected chi connectivity index (χ2v) is 6.66. The summed E-state index contributed by atoms with van der Waals surface area (Å²) in [6, 6.07) is 15.1. The van der Waals surface area contributed by atoms with Crippen molar-refractivity contribution < 1.29 is 9.59 Å². The first-order valence-electron chi connectivity index (χ1n) is 9.35. The van der Waals surface area contributed by atoms with Crippen LogP contribution in [0.3, 0.4) is 0 Å². The highest BCUT2D eigenvalue weighted by molar-refractivity contribution is 5.94. The van der Waals surface area contributed by atoms with E-state index in [1.165, 1.54) is 12.8 Å². The van der Waals surface area contributed by atoms with Gasteiger partial charge in [0.1, 0.15) is 0 Å². The summed E-state index contributed by atoms with van der Waals surface area (Å²) < 4.78 is 0. The molecular formula is C22H28N2O2. The van der Waals surface area contributed by atoms with E-state index in [2.05, 4.69) is 0 Å². The van der Waals surface area contributed by atoms with Crippen LogP contribution in [-0.2, 0) is 12.8 Å². The fourth-order valence-electron chi connectivity index (χ4n) is 3.30. The summed E-state index contributed by atoms with van der Waals surface area (Å²) >= 11 is 0. The van der Waals surface area contributed by atoms with Crippen LogP contribution in [0.4, 0.5) is 0 Å². The van der Waals surface area contributed by atoms with Gasteiger partial charge in [-0.25, -0.2) is 0 Å². The van der Waals surface area contributed by atoms with Crippen LogP contribution in [0, 0.1) is 0 Å². The maximum atomic E-state index is 11.4. The number of unbranched alkanes of at least 4 members (excludes halogenated alkanes) is 5. The molecule has 138 valence electrons. The molecule has 0 bridgehead atoms. The highest BCUT2D eigenvalue weighted by atomic mass is 16.1. The van der Waals surface area contributed by atoms with E-state index in [0.29, 0.717) is 11.1 Å². The number of amides is 2. The minimum absolute atomic E-state index is 0.350. The molecule has 0 saturated carbocycles. The van der Waals surface area contributed by atoms with Gasteiger partial charge in [-0.2, -0.15) is 0 Å². The number of nitrogens with two attached hydrogens (primary N) is 2. The summed E-state index contributed by atoms with van der Waals surface area (Å²) in [6.07, 6.45) is 8.56. The summed E-state index contributed by atoms with van der Waals surface area (Å²) in [7, 11) is 0. The maximum absolute atomic E-state index is 11.4. The molecule has 26 heavy (non-hydrogen) atoms. The average Bonchev–Trinajstić information content (AvgIpc) is 2.64. The quantitative estimate of drug-likeness (QED) is 0.599. The smallest absolute Gasteiger partial charge is 0.248 e. The standard InChI is InChI=1S/C22H28N2O2/c23-21(25)19-15-9-7-13-17(19)11-5-3-1-2-4-6-12-18-14-8-10-16-20(18)22(24)26/h7-10,13-16H,1-6,11-12H2,(H2,23,25)(H2,24,26). The van der Waals surface area contributed by atoms with Crippen LogP contribution >= 0.6 is 0 Å². The Bertz CT molecular complexity index is 677. The van der Waals surface area contributed by atoms with E-state index < -0.39 is 0 Å². The average molecular weight is 352 g/mol. The summed E-state index contributed by atoms with van der Waals surface area (Å²) in [4.78, 5) is 22.8. The van der Waals surface area contributed by atoms with Gasteiger partial charge in [-0.1, -0.05) is 62.1 Å². The molecule has 4 heteroatoms. The van der Waals surface area contributed by atoms with Crippen molar-refractivity contribution in [3.8, 4) is 0 Å². The van der Waals surface area contributed by atoms with Crippen molar-refractivity contribution in [1.29, 1.82) is 0 Å². The Morgan fingerprint density at radius 1 is 0.577 bits per heavy atom. The lowest BCUT2D eigenvalue weighted by atomic mass is 9.98. The van der Waals surface area contributed by atoms with Crippen LogP contribution in [-0.4, -0.2) is 11.8 Å². The normalized spacial score (nSPS) is 10.6. The van der Waals surface area contributed by atoms with Crippen molar-refractivity contribution in [2.75, 3.05) is 0 Å². The van der Waals surface area contributed by atoms with Gasteiger partial charge in [0, 0.05) is 11.1 Å². The molecular weight excluding hydrogens is 324 g/mol. The first kappa shape index (κ1) is 19.7. The molecule has 0 aliphatic heterocycles. The zero-order valence-corrected chi connectivity index (χ0v) is 15.2. The van der Waals surface area contributed by atoms with Gasteiger partial charge in [0.15, 0.2) is 0 Å². The molecule has 0 fully saturated rings. The van der Waals surface area contributed by atoms with Gasteiger partial charge in [0.05, 0.1) is 0 Å². The number of benzene rings is 2. The van der Waals surface area contributed by atoms with Crippen LogP contribution in [0.25, 0.3) is 0 Å². The molecule has 2 aromatic rings. The number of carbonyl (C=O) groups is 2. The van der Waals surface area contributed by atoms with Gasteiger partial charge in [-0.3, -0.25) is 9.59 Å². The van der Waals surface area contributed by atoms with Crippen LogP contribution in [0.1, 0.15) is 70.4 Å². The van der Waals surface area contributed by atoms with Gasteiger partial charge in [-0.15, -0.1) is 0 Å². The lowest BCUT2D eigenvalue weighted by Crippen LogP contribution is -2.13. The Kier molecular flexibility index (Phi) is 7.87. The predicted molar refractivity (Wildman–Crippen MR) is 105 cm³/mol. The van der Waals surface area contributed by atoms with E-state index in [-0.39, 0.29) is 11.8 Å². The van der Waals surface area contributed by atoms with Crippen LogP contribution in [0.5, 0.6) is 0 Å². The van der Waals surface area contributed by atoms with Crippen LogP contribution < -0.4 is 11.5 Å². The highest BCUT2D eigenvalue weighted by Gasteiger charge is 2.07. The van der Waals surface area contributed by atoms with E-state index in [1.807, 2.05) is 36.4 Å². The maximum Gasteiger partial charge on any atom is 0.248 e. The molecule has 0 heterocycles. The zero-order valence-electron chi connectivity index (χ0n) is 15.2. The van der Waals surface area contributed by atoms with Crippen molar-refractivity contribution in [3.63, 3.8) is 0 Å². The third-order valence-electron chi connectivity index (χ3n) is 4.71. The summed E-state index contributed by atoms with van der Waals surface area (Å²) in [5.41, 5.74) is 14.2. The van der Waals surface area contributed by atoms with Gasteiger partial charge in [0.25, 0.3) is 0 Å². The number of aryl methyl sites for hydroxylation is 2. The molecule has 0 unspecified atom stereocenters. The van der Waals surface area contributed by atoms with Gasteiger partial charge < -0.3 is 11.5 Å². The fourth-order valence-corrected chi connectivity index (χ4v) is 3.30. The number of hydrogen-bond donors (Lipinski definition) is 2. The van der Waals surface area contributed by atoms with Gasteiger partial charge >= 0.3 is 0 Å². The second kappa shape index (κ2) is 10.4. The molecule has 2 rings (SSSR count). The van der Waals surface area contributed by atoms with E-state index in [0.717, 1.165) is 49.7 Å². The van der Waals surface area contributed by atoms with E-state index in [1.54, 1.807) is 12.1 Å². The molecule has 0 radical (unpaired) electrons. The summed E-state index contributed by atoms with van der Waals surface area (Å²) in [5, 5.41) is 0. The van der Waals surface area contributed by atoms with Crippen molar-refractivity contribution in [1.82, 2.24) is 0 Å². The number of hydrogen-bond acceptors (Lipinski definition) is 2. The molecule has 0 atom stereocenters. The minimum Gasteiger partial charge on any atom is -0.366 e. The van der Waals surface area contributed by atoms with Crippen molar-refractivity contribution in [2.45, 2.75) is 51.4 Å². The summed E-state index contributed by atoms with van der Waals surface area (Å²) in [6.45, 7) is 0.